The minimum atomic E-state index is -3.56. The number of halogens is 1. The molecule has 140 valence electrons. The monoisotopic (exact) mass is 440 g/mol. The predicted molar refractivity (Wildman–Crippen MR) is 105 cm³/mol. The van der Waals surface area contributed by atoms with Crippen LogP contribution in [0.5, 0.6) is 0 Å². The molecular weight excluding hydrogens is 419 g/mol. The van der Waals surface area contributed by atoms with Crippen molar-refractivity contribution in [3.8, 4) is 0 Å². The van der Waals surface area contributed by atoms with E-state index in [1.807, 2.05) is 18.2 Å². The molecule has 0 aromatic heterocycles. The molecule has 1 unspecified atom stereocenters. The second-order valence-electron chi connectivity index (χ2n) is 5.29. The van der Waals surface area contributed by atoms with Gasteiger partial charge in [0.25, 0.3) is 5.91 Å². The molecule has 0 aliphatic rings. The first-order valence-electron chi connectivity index (χ1n) is 8.25. The number of amides is 1. The van der Waals surface area contributed by atoms with Crippen LogP contribution in [0.1, 0.15) is 35.6 Å². The van der Waals surface area contributed by atoms with E-state index >= 15 is 0 Å². The van der Waals surface area contributed by atoms with Crippen LogP contribution in [-0.2, 0) is 13.6 Å². The van der Waals surface area contributed by atoms with Gasteiger partial charge in [-0.25, -0.2) is 5.43 Å². The van der Waals surface area contributed by atoms with E-state index in [-0.39, 0.29) is 19.1 Å². The first-order chi connectivity index (χ1) is 12.5. The number of hydrazine groups is 1. The lowest BCUT2D eigenvalue weighted by molar-refractivity contribution is 0.0927. The summed E-state index contributed by atoms with van der Waals surface area (Å²) in [5.74, 6) is -1.18. The zero-order chi connectivity index (χ0) is 19.0. The molecule has 0 spiro atoms. The minimum absolute atomic E-state index is 0.221. The van der Waals surface area contributed by atoms with Crippen LogP contribution in [0.2, 0.25) is 0 Å². The van der Waals surface area contributed by atoms with Gasteiger partial charge in [0, 0.05) is 10.0 Å². The minimum Gasteiger partial charge on any atom is -0.307 e. The van der Waals surface area contributed by atoms with Gasteiger partial charge in [0.05, 0.1) is 13.2 Å². The lowest BCUT2D eigenvalue weighted by Crippen LogP contribution is -2.40. The van der Waals surface area contributed by atoms with E-state index in [2.05, 4.69) is 26.8 Å². The molecule has 2 aromatic carbocycles. The molecule has 0 fully saturated rings. The molecular formula is C18H22BrN2O4P. The van der Waals surface area contributed by atoms with Crippen molar-refractivity contribution in [3.63, 3.8) is 0 Å². The second-order valence-corrected chi connectivity index (χ2v) is 8.32. The Morgan fingerprint density at radius 3 is 2.15 bits per heavy atom. The molecule has 6 nitrogen and oxygen atoms in total. The number of carbonyl (C=O) groups excluding carboxylic acids is 1. The molecule has 0 heterocycles. The average molecular weight is 441 g/mol. The van der Waals surface area contributed by atoms with Crippen LogP contribution >= 0.6 is 23.5 Å². The Labute approximate surface area is 161 Å². The van der Waals surface area contributed by atoms with Crippen LogP contribution in [0.15, 0.2) is 59.1 Å². The van der Waals surface area contributed by atoms with E-state index in [9.17, 15) is 9.36 Å². The van der Waals surface area contributed by atoms with Gasteiger partial charge in [-0.3, -0.25) is 14.8 Å². The van der Waals surface area contributed by atoms with Gasteiger partial charge in [-0.15, -0.1) is 0 Å². The zero-order valence-corrected chi connectivity index (χ0v) is 17.1. The van der Waals surface area contributed by atoms with Gasteiger partial charge in [0.1, 0.15) is 0 Å². The summed E-state index contributed by atoms with van der Waals surface area (Å²) in [5, 5.41) is 0. The summed E-state index contributed by atoms with van der Waals surface area (Å²) in [6.07, 6.45) is 0. The molecule has 0 aliphatic heterocycles. The maximum Gasteiger partial charge on any atom is 0.353 e. The van der Waals surface area contributed by atoms with Crippen molar-refractivity contribution < 1.29 is 18.4 Å². The van der Waals surface area contributed by atoms with Gasteiger partial charge in [-0.05, 0) is 43.7 Å². The van der Waals surface area contributed by atoms with Gasteiger partial charge in [0.2, 0.25) is 0 Å². The number of nitrogens with one attached hydrogen (secondary N) is 2. The highest BCUT2D eigenvalue weighted by Crippen LogP contribution is 2.59. The van der Waals surface area contributed by atoms with Crippen LogP contribution in [0.25, 0.3) is 0 Å². The van der Waals surface area contributed by atoms with Gasteiger partial charge in [-0.2, -0.15) is 0 Å². The van der Waals surface area contributed by atoms with E-state index in [0.29, 0.717) is 11.1 Å². The Kier molecular flexibility index (Phi) is 8.00. The number of rotatable bonds is 9. The highest BCUT2D eigenvalue weighted by molar-refractivity contribution is 9.10. The van der Waals surface area contributed by atoms with E-state index in [0.717, 1.165) is 4.47 Å². The van der Waals surface area contributed by atoms with Gasteiger partial charge in [-0.1, -0.05) is 46.3 Å². The van der Waals surface area contributed by atoms with Crippen molar-refractivity contribution in [1.82, 2.24) is 10.9 Å². The molecule has 8 heteroatoms. The number of benzene rings is 2. The first kappa shape index (κ1) is 20.8. The lowest BCUT2D eigenvalue weighted by atomic mass is 10.2. The van der Waals surface area contributed by atoms with Gasteiger partial charge >= 0.3 is 7.60 Å². The summed E-state index contributed by atoms with van der Waals surface area (Å²) in [4.78, 5) is 12.3. The smallest absolute Gasteiger partial charge is 0.307 e. The molecule has 0 bridgehead atoms. The molecule has 0 saturated carbocycles. The fourth-order valence-electron chi connectivity index (χ4n) is 2.33. The van der Waals surface area contributed by atoms with E-state index in [1.165, 1.54) is 0 Å². The molecule has 2 rings (SSSR count). The maximum absolute atomic E-state index is 13.3. The molecule has 0 radical (unpaired) electrons. The quantitative estimate of drug-likeness (QED) is 0.438. The Morgan fingerprint density at radius 1 is 1.04 bits per heavy atom. The normalized spacial score (nSPS) is 12.6. The predicted octanol–water partition coefficient (Wildman–Crippen LogP) is 4.65. The second kappa shape index (κ2) is 10.00. The summed E-state index contributed by atoms with van der Waals surface area (Å²) in [7, 11) is -3.56. The third-order valence-corrected chi connectivity index (χ3v) is 6.30. The van der Waals surface area contributed by atoms with Crippen molar-refractivity contribution in [2.24, 2.45) is 0 Å². The zero-order valence-electron chi connectivity index (χ0n) is 14.6. The Hall–Kier alpha value is -1.50. The van der Waals surface area contributed by atoms with Crippen LogP contribution in [0.4, 0.5) is 0 Å². The third-order valence-electron chi connectivity index (χ3n) is 3.48. The van der Waals surface area contributed by atoms with Crippen LogP contribution < -0.4 is 10.9 Å². The summed E-state index contributed by atoms with van der Waals surface area (Å²) in [6.45, 7) is 3.93. The number of hydrogen-bond acceptors (Lipinski definition) is 5. The summed E-state index contributed by atoms with van der Waals surface area (Å²) in [5.41, 5.74) is 6.59. The lowest BCUT2D eigenvalue weighted by Gasteiger charge is -2.27. The Bertz CT molecular complexity index is 746. The molecule has 2 N–H and O–H groups in total. The van der Waals surface area contributed by atoms with Crippen molar-refractivity contribution >= 4 is 29.4 Å². The Morgan fingerprint density at radius 2 is 1.62 bits per heavy atom. The molecule has 0 aliphatic carbocycles. The van der Waals surface area contributed by atoms with E-state index < -0.39 is 13.4 Å². The topological polar surface area (TPSA) is 76.7 Å². The van der Waals surface area contributed by atoms with Crippen LogP contribution in [0.3, 0.4) is 0 Å². The largest absolute Gasteiger partial charge is 0.353 e. The average Bonchev–Trinajstić information content (AvgIpc) is 2.64. The molecule has 0 saturated heterocycles. The first-order valence-corrected chi connectivity index (χ1v) is 10.7. The molecule has 26 heavy (non-hydrogen) atoms. The van der Waals surface area contributed by atoms with Gasteiger partial charge in [0.15, 0.2) is 5.78 Å². The van der Waals surface area contributed by atoms with Crippen molar-refractivity contribution in [2.75, 3.05) is 13.2 Å². The standard InChI is InChI=1S/C18H22BrN2O4P/c1-3-24-26(23,25-4-2)18(15-10-12-16(19)13-11-15)21-20-17(22)14-8-6-5-7-9-14/h5-13,18,21H,3-4H2,1-2H3,(H,20,22). The maximum atomic E-state index is 13.3. The van der Waals surface area contributed by atoms with Crippen LogP contribution in [-0.4, -0.2) is 19.1 Å². The van der Waals surface area contributed by atoms with Crippen molar-refractivity contribution in [3.05, 3.63) is 70.2 Å². The summed E-state index contributed by atoms with van der Waals surface area (Å²) < 4.78 is 25.1. The van der Waals surface area contributed by atoms with Crippen molar-refractivity contribution in [1.29, 1.82) is 0 Å². The highest BCUT2D eigenvalue weighted by atomic mass is 79.9. The SMILES string of the molecule is CCOP(=O)(OCC)C(NNC(=O)c1ccccc1)c1ccc(Br)cc1. The highest BCUT2D eigenvalue weighted by Gasteiger charge is 2.37. The molecule has 1 amide bonds. The Balaban J connectivity index is 2.26. The van der Waals surface area contributed by atoms with Crippen molar-refractivity contribution in [2.45, 2.75) is 19.6 Å². The van der Waals surface area contributed by atoms with Crippen LogP contribution in [0, 0.1) is 0 Å². The summed E-state index contributed by atoms with van der Waals surface area (Å²) in [6, 6.07) is 16.0. The molecule has 1 atom stereocenters. The fourth-order valence-corrected chi connectivity index (χ4v) is 4.45. The van der Waals surface area contributed by atoms with E-state index in [1.54, 1.807) is 50.2 Å². The van der Waals surface area contributed by atoms with Gasteiger partial charge < -0.3 is 9.05 Å². The third kappa shape index (κ3) is 5.50. The number of hydrogen-bond donors (Lipinski definition) is 2. The number of carbonyl (C=O) groups is 1. The van der Waals surface area contributed by atoms with E-state index in [4.69, 9.17) is 9.05 Å². The molecule has 2 aromatic rings. The fraction of sp³-hybridized carbons (Fsp3) is 0.278. The summed E-state index contributed by atoms with van der Waals surface area (Å²) >= 11 is 3.38.